The van der Waals surface area contributed by atoms with Gasteiger partial charge in [0.2, 0.25) is 0 Å². The summed E-state index contributed by atoms with van der Waals surface area (Å²) in [5, 5.41) is 1.15. The van der Waals surface area contributed by atoms with Crippen LogP contribution in [0.5, 0.6) is 0 Å². The molecule has 1 rings (SSSR count). The number of alkyl halides is 1. The van der Waals surface area contributed by atoms with Crippen molar-refractivity contribution >= 4 is 15.9 Å². The Morgan fingerprint density at radius 2 is 2.07 bits per heavy atom. The Morgan fingerprint density at radius 3 is 2.73 bits per heavy atom. The highest BCUT2D eigenvalue weighted by Crippen LogP contribution is 2.18. The minimum atomic E-state index is 0.787. The molecule has 1 unspecified atom stereocenters. The van der Waals surface area contributed by atoms with Gasteiger partial charge in [-0.25, -0.2) is 0 Å². The average molecular weight is 277 g/mol. The topological polar surface area (TPSA) is 6.48 Å². The molecule has 1 saturated heterocycles. The number of hydrogen-bond acceptors (Lipinski definition) is 2. The molecule has 1 atom stereocenters. The predicted octanol–water partition coefficient (Wildman–Crippen LogP) is 2.58. The normalized spacial score (nSPS) is 24.4. The van der Waals surface area contributed by atoms with Gasteiger partial charge in [-0.05, 0) is 53.0 Å². The van der Waals surface area contributed by atoms with Crippen molar-refractivity contribution < 1.29 is 0 Å². The molecule has 1 fully saturated rings. The van der Waals surface area contributed by atoms with E-state index in [0.29, 0.717) is 0 Å². The lowest BCUT2D eigenvalue weighted by atomic mass is 10.1. The largest absolute Gasteiger partial charge is 0.309 e. The average Bonchev–Trinajstić information content (AvgIpc) is 2.42. The van der Waals surface area contributed by atoms with Crippen LogP contribution in [0, 0.1) is 0 Å². The van der Waals surface area contributed by atoms with Crippen LogP contribution >= 0.6 is 15.9 Å². The van der Waals surface area contributed by atoms with Gasteiger partial charge in [-0.2, -0.15) is 0 Å². The van der Waals surface area contributed by atoms with Crippen LogP contribution in [0.3, 0.4) is 0 Å². The highest BCUT2D eigenvalue weighted by Gasteiger charge is 2.19. The molecule has 0 aromatic carbocycles. The van der Waals surface area contributed by atoms with E-state index in [9.17, 15) is 0 Å². The predicted molar refractivity (Wildman–Crippen MR) is 70.8 cm³/mol. The Balaban J connectivity index is 2.28. The van der Waals surface area contributed by atoms with Crippen molar-refractivity contribution in [2.24, 2.45) is 0 Å². The summed E-state index contributed by atoms with van der Waals surface area (Å²) in [4.78, 5) is 4.96. The molecule has 0 N–H and O–H groups in total. The first-order valence-corrected chi connectivity index (χ1v) is 7.31. The summed E-state index contributed by atoms with van der Waals surface area (Å²) in [6, 6.07) is 0.787. The lowest BCUT2D eigenvalue weighted by molar-refractivity contribution is 0.206. The molecule has 1 heterocycles. The molecule has 0 amide bonds. The van der Waals surface area contributed by atoms with E-state index in [2.05, 4.69) is 39.8 Å². The van der Waals surface area contributed by atoms with E-state index in [1.165, 1.54) is 51.7 Å². The first-order chi connectivity index (χ1) is 7.24. The van der Waals surface area contributed by atoms with E-state index >= 15 is 0 Å². The number of likely N-dealkylation sites (tertiary alicyclic amines) is 1. The van der Waals surface area contributed by atoms with Crippen LogP contribution in [0.15, 0.2) is 0 Å². The molecule has 0 radical (unpaired) electrons. The van der Waals surface area contributed by atoms with Crippen LogP contribution in [0.1, 0.15) is 32.1 Å². The maximum atomic E-state index is 3.65. The van der Waals surface area contributed by atoms with Gasteiger partial charge in [-0.3, -0.25) is 4.90 Å². The van der Waals surface area contributed by atoms with Gasteiger partial charge in [0.1, 0.15) is 0 Å². The lowest BCUT2D eigenvalue weighted by Crippen LogP contribution is -2.37. The van der Waals surface area contributed by atoms with Crippen LogP contribution in [-0.2, 0) is 0 Å². The van der Waals surface area contributed by atoms with Crippen molar-refractivity contribution in [3.63, 3.8) is 0 Å². The summed E-state index contributed by atoms with van der Waals surface area (Å²) in [5.74, 6) is 0. The summed E-state index contributed by atoms with van der Waals surface area (Å²) in [6.45, 7) is 3.80. The molecule has 0 aromatic rings. The van der Waals surface area contributed by atoms with Gasteiger partial charge in [-0.15, -0.1) is 0 Å². The fourth-order valence-electron chi connectivity index (χ4n) is 2.30. The molecular formula is C12H25BrN2. The van der Waals surface area contributed by atoms with Crippen molar-refractivity contribution in [1.29, 1.82) is 0 Å². The second-order valence-corrected chi connectivity index (χ2v) is 5.50. The van der Waals surface area contributed by atoms with Crippen LogP contribution in [-0.4, -0.2) is 54.9 Å². The van der Waals surface area contributed by atoms with E-state index < -0.39 is 0 Å². The number of rotatable bonds is 5. The Labute approximate surface area is 103 Å². The first kappa shape index (κ1) is 13.5. The number of nitrogens with zero attached hydrogens (tertiary/aromatic N) is 2. The maximum Gasteiger partial charge on any atom is 0.0192 e. The van der Waals surface area contributed by atoms with Gasteiger partial charge < -0.3 is 4.90 Å². The van der Waals surface area contributed by atoms with Gasteiger partial charge in [0.25, 0.3) is 0 Å². The van der Waals surface area contributed by atoms with Crippen LogP contribution in [0.4, 0.5) is 0 Å². The SMILES string of the molecule is CN(C)CCCN1CCCCCC1CBr. The fourth-order valence-corrected chi connectivity index (χ4v) is 3.03. The molecule has 1 aliphatic heterocycles. The first-order valence-electron chi connectivity index (χ1n) is 6.19. The second kappa shape index (κ2) is 7.64. The zero-order valence-electron chi connectivity index (χ0n) is 10.2. The quantitative estimate of drug-likeness (QED) is 0.713. The zero-order chi connectivity index (χ0) is 11.1. The third-order valence-corrected chi connectivity index (χ3v) is 3.98. The number of hydrogen-bond donors (Lipinski definition) is 0. The Kier molecular flexibility index (Phi) is 6.86. The van der Waals surface area contributed by atoms with Gasteiger partial charge >= 0.3 is 0 Å². The van der Waals surface area contributed by atoms with Gasteiger partial charge in [-0.1, -0.05) is 28.8 Å². The summed E-state index contributed by atoms with van der Waals surface area (Å²) in [6.07, 6.45) is 6.92. The van der Waals surface area contributed by atoms with Crippen LogP contribution < -0.4 is 0 Å². The van der Waals surface area contributed by atoms with E-state index in [1.807, 2.05) is 0 Å². The Morgan fingerprint density at radius 1 is 1.27 bits per heavy atom. The monoisotopic (exact) mass is 276 g/mol. The van der Waals surface area contributed by atoms with Crippen molar-refractivity contribution in [3.05, 3.63) is 0 Å². The van der Waals surface area contributed by atoms with Crippen molar-refractivity contribution in [2.75, 3.05) is 39.1 Å². The lowest BCUT2D eigenvalue weighted by Gasteiger charge is -2.28. The highest BCUT2D eigenvalue weighted by molar-refractivity contribution is 9.09. The second-order valence-electron chi connectivity index (χ2n) is 4.85. The summed E-state index contributed by atoms with van der Waals surface area (Å²) >= 11 is 3.65. The zero-order valence-corrected chi connectivity index (χ0v) is 11.8. The minimum Gasteiger partial charge on any atom is -0.309 e. The summed E-state index contributed by atoms with van der Waals surface area (Å²) in [5.41, 5.74) is 0. The molecule has 2 nitrogen and oxygen atoms in total. The van der Waals surface area contributed by atoms with E-state index in [1.54, 1.807) is 0 Å². The molecule has 0 aliphatic carbocycles. The standard InChI is InChI=1S/C12H25BrN2/c1-14(2)8-6-10-15-9-5-3-4-7-12(15)11-13/h12H,3-11H2,1-2H3. The molecule has 1 aliphatic rings. The smallest absolute Gasteiger partial charge is 0.0192 e. The Bertz CT molecular complexity index is 162. The van der Waals surface area contributed by atoms with Crippen molar-refractivity contribution in [2.45, 2.75) is 38.1 Å². The molecular weight excluding hydrogens is 252 g/mol. The van der Waals surface area contributed by atoms with Gasteiger partial charge in [0.15, 0.2) is 0 Å². The van der Waals surface area contributed by atoms with E-state index in [-0.39, 0.29) is 0 Å². The third-order valence-electron chi connectivity index (χ3n) is 3.23. The van der Waals surface area contributed by atoms with Crippen molar-refractivity contribution in [1.82, 2.24) is 9.80 Å². The van der Waals surface area contributed by atoms with Crippen molar-refractivity contribution in [3.8, 4) is 0 Å². The molecule has 0 spiro atoms. The molecule has 15 heavy (non-hydrogen) atoms. The van der Waals surface area contributed by atoms with Crippen LogP contribution in [0.2, 0.25) is 0 Å². The molecule has 0 aromatic heterocycles. The Hall–Kier alpha value is 0.400. The van der Waals surface area contributed by atoms with Gasteiger partial charge in [0, 0.05) is 11.4 Å². The van der Waals surface area contributed by atoms with Gasteiger partial charge in [0.05, 0.1) is 0 Å². The minimum absolute atomic E-state index is 0.787. The molecule has 90 valence electrons. The van der Waals surface area contributed by atoms with E-state index in [4.69, 9.17) is 0 Å². The highest BCUT2D eigenvalue weighted by atomic mass is 79.9. The maximum absolute atomic E-state index is 3.65. The third kappa shape index (κ3) is 5.32. The molecule has 0 saturated carbocycles. The number of halogens is 1. The summed E-state index contributed by atoms with van der Waals surface area (Å²) in [7, 11) is 4.31. The van der Waals surface area contributed by atoms with Crippen LogP contribution in [0.25, 0.3) is 0 Å². The summed E-state index contributed by atoms with van der Waals surface area (Å²) < 4.78 is 0. The van der Waals surface area contributed by atoms with E-state index in [0.717, 1.165) is 11.4 Å². The molecule has 0 bridgehead atoms. The fraction of sp³-hybridized carbons (Fsp3) is 1.00. The molecule has 3 heteroatoms.